The minimum atomic E-state index is 0.210. The van der Waals surface area contributed by atoms with Crippen molar-refractivity contribution >= 4 is 17.3 Å². The molecular weight excluding hydrogens is 188 g/mol. The van der Waals surface area contributed by atoms with Gasteiger partial charge in [0.05, 0.1) is 16.7 Å². The third-order valence-electron chi connectivity index (χ3n) is 2.28. The van der Waals surface area contributed by atoms with Gasteiger partial charge in [0.15, 0.2) is 6.29 Å². The number of aromatic nitrogens is 2. The summed E-state index contributed by atoms with van der Waals surface area (Å²) in [6.45, 7) is 4.01. The van der Waals surface area contributed by atoms with E-state index in [-0.39, 0.29) is 5.92 Å². The van der Waals surface area contributed by atoms with Crippen LogP contribution < -0.4 is 0 Å². The van der Waals surface area contributed by atoms with Gasteiger partial charge in [-0.2, -0.15) is 0 Å². The Balaban J connectivity index is 2.74. The second kappa shape index (κ2) is 3.77. The molecule has 3 nitrogen and oxygen atoms in total. The maximum Gasteiger partial charge on any atom is 0.170 e. The summed E-state index contributed by atoms with van der Waals surface area (Å²) in [7, 11) is 0. The molecular formula is C12H12N2O. The van der Waals surface area contributed by atoms with Gasteiger partial charge in [0.1, 0.15) is 5.69 Å². The summed E-state index contributed by atoms with van der Waals surface area (Å²) in [5.74, 6) is 0.210. The predicted molar refractivity (Wildman–Crippen MR) is 59.0 cm³/mol. The molecule has 76 valence electrons. The van der Waals surface area contributed by atoms with E-state index in [1.54, 1.807) is 0 Å². The SMILES string of the molecule is CC(C)c1nc2ccccc2nc1C=O. The van der Waals surface area contributed by atoms with Crippen molar-refractivity contribution in [3.63, 3.8) is 0 Å². The highest BCUT2D eigenvalue weighted by Crippen LogP contribution is 2.18. The molecule has 1 heterocycles. The van der Waals surface area contributed by atoms with Crippen LogP contribution in [0.25, 0.3) is 11.0 Å². The van der Waals surface area contributed by atoms with Gasteiger partial charge in [-0.05, 0) is 18.1 Å². The van der Waals surface area contributed by atoms with E-state index >= 15 is 0 Å². The van der Waals surface area contributed by atoms with Crippen molar-refractivity contribution in [2.24, 2.45) is 0 Å². The molecule has 2 rings (SSSR count). The van der Waals surface area contributed by atoms with Crippen molar-refractivity contribution in [1.82, 2.24) is 9.97 Å². The number of fused-ring (bicyclic) bond motifs is 1. The Bertz CT molecular complexity index is 506. The van der Waals surface area contributed by atoms with E-state index in [4.69, 9.17) is 0 Å². The molecule has 0 aliphatic rings. The lowest BCUT2D eigenvalue weighted by Crippen LogP contribution is -2.03. The number of nitrogens with zero attached hydrogens (tertiary/aromatic N) is 2. The standard InChI is InChI=1S/C12H12N2O/c1-8(2)12-11(7-15)13-9-5-3-4-6-10(9)14-12/h3-8H,1-2H3. The summed E-state index contributed by atoms with van der Waals surface area (Å²) < 4.78 is 0. The molecule has 0 atom stereocenters. The smallest absolute Gasteiger partial charge is 0.170 e. The lowest BCUT2D eigenvalue weighted by Gasteiger charge is -2.07. The van der Waals surface area contributed by atoms with Crippen molar-refractivity contribution < 1.29 is 4.79 Å². The van der Waals surface area contributed by atoms with Gasteiger partial charge in [-0.3, -0.25) is 4.79 Å². The highest BCUT2D eigenvalue weighted by atomic mass is 16.1. The lowest BCUT2D eigenvalue weighted by molar-refractivity contribution is 0.111. The van der Waals surface area contributed by atoms with Crippen LogP contribution in [0.15, 0.2) is 24.3 Å². The average Bonchev–Trinajstić information content (AvgIpc) is 2.27. The molecule has 0 radical (unpaired) electrons. The molecule has 0 aliphatic carbocycles. The van der Waals surface area contributed by atoms with E-state index in [1.165, 1.54) is 0 Å². The van der Waals surface area contributed by atoms with Gasteiger partial charge in [0.25, 0.3) is 0 Å². The first-order valence-electron chi connectivity index (χ1n) is 4.94. The Morgan fingerprint density at radius 2 is 1.73 bits per heavy atom. The monoisotopic (exact) mass is 200 g/mol. The molecule has 2 aromatic rings. The first-order valence-corrected chi connectivity index (χ1v) is 4.94. The van der Waals surface area contributed by atoms with Crippen LogP contribution in [0.5, 0.6) is 0 Å². The molecule has 1 aromatic heterocycles. The average molecular weight is 200 g/mol. The third kappa shape index (κ3) is 1.73. The van der Waals surface area contributed by atoms with Gasteiger partial charge < -0.3 is 0 Å². The molecule has 0 amide bonds. The van der Waals surface area contributed by atoms with Gasteiger partial charge in [0.2, 0.25) is 0 Å². The van der Waals surface area contributed by atoms with Crippen molar-refractivity contribution in [1.29, 1.82) is 0 Å². The Labute approximate surface area is 88.2 Å². The first-order chi connectivity index (χ1) is 7.22. The van der Waals surface area contributed by atoms with Crippen molar-refractivity contribution in [3.8, 4) is 0 Å². The van der Waals surface area contributed by atoms with Crippen LogP contribution in [0.3, 0.4) is 0 Å². The fourth-order valence-electron chi connectivity index (χ4n) is 1.54. The summed E-state index contributed by atoms with van der Waals surface area (Å²) in [6.07, 6.45) is 0.773. The van der Waals surface area contributed by atoms with Gasteiger partial charge in [-0.25, -0.2) is 9.97 Å². The maximum atomic E-state index is 10.9. The maximum absolute atomic E-state index is 10.9. The number of hydrogen-bond donors (Lipinski definition) is 0. The largest absolute Gasteiger partial charge is 0.296 e. The Kier molecular flexibility index (Phi) is 2.46. The number of aldehydes is 1. The molecule has 3 heteroatoms. The second-order valence-corrected chi connectivity index (χ2v) is 3.76. The van der Waals surface area contributed by atoms with Crippen molar-refractivity contribution in [2.45, 2.75) is 19.8 Å². The molecule has 15 heavy (non-hydrogen) atoms. The molecule has 0 saturated heterocycles. The number of carbonyl (C=O) groups is 1. The van der Waals surface area contributed by atoms with Crippen LogP contribution in [-0.4, -0.2) is 16.3 Å². The van der Waals surface area contributed by atoms with Crippen LogP contribution in [0.1, 0.15) is 35.9 Å². The molecule has 1 aromatic carbocycles. The summed E-state index contributed by atoms with van der Waals surface area (Å²) in [5.41, 5.74) is 2.82. The third-order valence-corrected chi connectivity index (χ3v) is 2.28. The van der Waals surface area contributed by atoms with Crippen molar-refractivity contribution in [3.05, 3.63) is 35.7 Å². The highest BCUT2D eigenvalue weighted by molar-refractivity contribution is 5.81. The number of benzene rings is 1. The van der Waals surface area contributed by atoms with Gasteiger partial charge in [-0.1, -0.05) is 26.0 Å². The minimum Gasteiger partial charge on any atom is -0.296 e. The van der Waals surface area contributed by atoms with Crippen LogP contribution >= 0.6 is 0 Å². The Morgan fingerprint density at radius 1 is 1.13 bits per heavy atom. The number of para-hydroxylation sites is 2. The Hall–Kier alpha value is -1.77. The predicted octanol–water partition coefficient (Wildman–Crippen LogP) is 2.57. The highest BCUT2D eigenvalue weighted by Gasteiger charge is 2.10. The fraction of sp³-hybridized carbons (Fsp3) is 0.250. The normalized spacial score (nSPS) is 10.9. The zero-order chi connectivity index (χ0) is 10.8. The number of carbonyl (C=O) groups excluding carboxylic acids is 1. The van der Waals surface area contributed by atoms with Gasteiger partial charge >= 0.3 is 0 Å². The van der Waals surface area contributed by atoms with E-state index in [0.29, 0.717) is 5.69 Å². The first kappa shape index (κ1) is 9.77. The van der Waals surface area contributed by atoms with E-state index in [0.717, 1.165) is 23.0 Å². The molecule has 0 N–H and O–H groups in total. The second-order valence-electron chi connectivity index (χ2n) is 3.76. The number of hydrogen-bond acceptors (Lipinski definition) is 3. The summed E-state index contributed by atoms with van der Waals surface area (Å²) in [6, 6.07) is 7.57. The van der Waals surface area contributed by atoms with Gasteiger partial charge in [-0.15, -0.1) is 0 Å². The van der Waals surface area contributed by atoms with Gasteiger partial charge in [0, 0.05) is 0 Å². The molecule has 0 saturated carbocycles. The zero-order valence-corrected chi connectivity index (χ0v) is 8.77. The van der Waals surface area contributed by atoms with Crippen LogP contribution in [0.2, 0.25) is 0 Å². The van der Waals surface area contributed by atoms with E-state index in [2.05, 4.69) is 9.97 Å². The van der Waals surface area contributed by atoms with E-state index in [1.807, 2.05) is 38.1 Å². The zero-order valence-electron chi connectivity index (χ0n) is 8.77. The molecule has 0 aliphatic heterocycles. The number of rotatable bonds is 2. The summed E-state index contributed by atoms with van der Waals surface area (Å²) in [4.78, 5) is 19.6. The molecule has 0 unspecified atom stereocenters. The van der Waals surface area contributed by atoms with Crippen LogP contribution in [0.4, 0.5) is 0 Å². The van der Waals surface area contributed by atoms with Crippen LogP contribution in [0, 0.1) is 0 Å². The molecule has 0 spiro atoms. The summed E-state index contributed by atoms with van der Waals surface area (Å²) in [5, 5.41) is 0. The topological polar surface area (TPSA) is 42.9 Å². The molecule has 0 fully saturated rings. The van der Waals surface area contributed by atoms with E-state index in [9.17, 15) is 4.79 Å². The summed E-state index contributed by atoms with van der Waals surface area (Å²) >= 11 is 0. The molecule has 0 bridgehead atoms. The minimum absolute atomic E-state index is 0.210. The lowest BCUT2D eigenvalue weighted by atomic mass is 10.1. The van der Waals surface area contributed by atoms with Crippen LogP contribution in [-0.2, 0) is 0 Å². The Morgan fingerprint density at radius 3 is 2.27 bits per heavy atom. The fourth-order valence-corrected chi connectivity index (χ4v) is 1.54. The van der Waals surface area contributed by atoms with Crippen molar-refractivity contribution in [2.75, 3.05) is 0 Å². The quantitative estimate of drug-likeness (QED) is 0.700. The van der Waals surface area contributed by atoms with E-state index < -0.39 is 0 Å².